The summed E-state index contributed by atoms with van der Waals surface area (Å²) >= 11 is 1.87. The van der Waals surface area contributed by atoms with E-state index in [1.807, 2.05) is 11.3 Å². The Hall–Kier alpha value is -0.380. The second-order valence-corrected chi connectivity index (χ2v) is 6.27. The minimum Gasteiger partial charge on any atom is -0.383 e. The van der Waals surface area contributed by atoms with Crippen molar-refractivity contribution in [3.05, 3.63) is 22.4 Å². The van der Waals surface area contributed by atoms with Crippen LogP contribution in [0, 0.1) is 5.41 Å². The summed E-state index contributed by atoms with van der Waals surface area (Å²) in [6.45, 7) is 7.56. The highest BCUT2D eigenvalue weighted by Gasteiger charge is 2.17. The molecule has 1 heterocycles. The first kappa shape index (κ1) is 14.7. The molecule has 1 aromatic rings. The van der Waals surface area contributed by atoms with Crippen molar-refractivity contribution in [3.8, 4) is 0 Å². The number of ether oxygens (including phenoxy) is 1. The quantitative estimate of drug-likeness (QED) is 0.683. The number of thiophene rings is 1. The molecule has 0 spiro atoms. The standard InChI is InChI=1S/C14H25NOS/c1-14(2,8-9-15-10-11-16-3)7-6-13-5-4-12-17-13/h4-5,12,15H,6-11H2,1-3H3. The van der Waals surface area contributed by atoms with Gasteiger partial charge in [0.2, 0.25) is 0 Å². The third-order valence-electron chi connectivity index (χ3n) is 3.09. The molecule has 0 bridgehead atoms. The molecule has 2 nitrogen and oxygen atoms in total. The average Bonchev–Trinajstić information content (AvgIpc) is 2.79. The van der Waals surface area contributed by atoms with Gasteiger partial charge in [-0.15, -0.1) is 11.3 Å². The Kier molecular flexibility index (Phi) is 6.78. The van der Waals surface area contributed by atoms with Crippen LogP contribution >= 0.6 is 11.3 Å². The minimum absolute atomic E-state index is 0.421. The zero-order valence-electron chi connectivity index (χ0n) is 11.3. The molecule has 0 unspecified atom stereocenters. The number of rotatable bonds is 9. The molecule has 1 rings (SSSR count). The summed E-state index contributed by atoms with van der Waals surface area (Å²) in [7, 11) is 1.74. The number of aryl methyl sites for hydroxylation is 1. The van der Waals surface area contributed by atoms with Crippen LogP contribution in [0.2, 0.25) is 0 Å². The lowest BCUT2D eigenvalue weighted by molar-refractivity contribution is 0.197. The second-order valence-electron chi connectivity index (χ2n) is 5.24. The molecular weight excluding hydrogens is 230 g/mol. The Morgan fingerprint density at radius 1 is 1.29 bits per heavy atom. The Morgan fingerprint density at radius 2 is 2.12 bits per heavy atom. The summed E-state index contributed by atoms with van der Waals surface area (Å²) in [5, 5.41) is 5.57. The SMILES string of the molecule is COCCNCCC(C)(C)CCc1cccs1. The lowest BCUT2D eigenvalue weighted by Crippen LogP contribution is -2.25. The van der Waals surface area contributed by atoms with Crippen LogP contribution in [0.25, 0.3) is 0 Å². The van der Waals surface area contributed by atoms with Crippen molar-refractivity contribution in [3.63, 3.8) is 0 Å². The molecule has 0 amide bonds. The fourth-order valence-electron chi connectivity index (χ4n) is 1.77. The summed E-state index contributed by atoms with van der Waals surface area (Å²) < 4.78 is 5.01. The lowest BCUT2D eigenvalue weighted by Gasteiger charge is -2.24. The highest BCUT2D eigenvalue weighted by molar-refractivity contribution is 7.09. The molecule has 0 saturated carbocycles. The molecule has 0 aliphatic rings. The third kappa shape index (κ3) is 6.81. The van der Waals surface area contributed by atoms with E-state index < -0.39 is 0 Å². The third-order valence-corrected chi connectivity index (χ3v) is 4.03. The van der Waals surface area contributed by atoms with Gasteiger partial charge in [-0.1, -0.05) is 19.9 Å². The molecule has 0 fully saturated rings. The summed E-state index contributed by atoms with van der Waals surface area (Å²) in [5.41, 5.74) is 0.421. The van der Waals surface area contributed by atoms with Crippen molar-refractivity contribution in [2.75, 3.05) is 26.8 Å². The highest BCUT2D eigenvalue weighted by Crippen LogP contribution is 2.27. The fraction of sp³-hybridized carbons (Fsp3) is 0.714. The lowest BCUT2D eigenvalue weighted by atomic mass is 9.84. The average molecular weight is 255 g/mol. The predicted molar refractivity (Wildman–Crippen MR) is 75.8 cm³/mol. The zero-order valence-corrected chi connectivity index (χ0v) is 12.1. The minimum atomic E-state index is 0.421. The molecule has 98 valence electrons. The van der Waals surface area contributed by atoms with Crippen LogP contribution in [-0.4, -0.2) is 26.8 Å². The maximum Gasteiger partial charge on any atom is 0.0587 e. The summed E-state index contributed by atoms with van der Waals surface area (Å²) in [4.78, 5) is 1.51. The molecule has 17 heavy (non-hydrogen) atoms. The normalized spacial score (nSPS) is 11.9. The molecule has 3 heteroatoms. The van der Waals surface area contributed by atoms with Gasteiger partial charge in [0.15, 0.2) is 0 Å². The van der Waals surface area contributed by atoms with E-state index >= 15 is 0 Å². The topological polar surface area (TPSA) is 21.3 Å². The summed E-state index contributed by atoms with van der Waals surface area (Å²) in [6.07, 6.45) is 3.70. The smallest absolute Gasteiger partial charge is 0.0587 e. The first-order valence-electron chi connectivity index (χ1n) is 6.36. The van der Waals surface area contributed by atoms with E-state index in [9.17, 15) is 0 Å². The van der Waals surface area contributed by atoms with Crippen LogP contribution in [-0.2, 0) is 11.2 Å². The van der Waals surface area contributed by atoms with Crippen LogP contribution in [0.1, 0.15) is 31.6 Å². The Morgan fingerprint density at radius 3 is 2.76 bits per heavy atom. The second kappa shape index (κ2) is 7.85. The molecule has 0 aliphatic heterocycles. The van der Waals surface area contributed by atoms with Gasteiger partial charge in [-0.3, -0.25) is 0 Å². The Labute approximate surface area is 109 Å². The highest BCUT2D eigenvalue weighted by atomic mass is 32.1. The van der Waals surface area contributed by atoms with Crippen molar-refractivity contribution in [2.45, 2.75) is 33.1 Å². The van der Waals surface area contributed by atoms with E-state index in [-0.39, 0.29) is 0 Å². The van der Waals surface area contributed by atoms with Crippen molar-refractivity contribution in [1.29, 1.82) is 0 Å². The largest absolute Gasteiger partial charge is 0.383 e. The molecule has 0 radical (unpaired) electrons. The van der Waals surface area contributed by atoms with Gasteiger partial charge < -0.3 is 10.1 Å². The Bertz CT molecular complexity index is 282. The maximum atomic E-state index is 5.01. The number of hydrogen-bond donors (Lipinski definition) is 1. The fourth-order valence-corrected chi connectivity index (χ4v) is 2.48. The molecule has 0 aliphatic carbocycles. The monoisotopic (exact) mass is 255 g/mol. The number of methoxy groups -OCH3 is 1. The van der Waals surface area contributed by atoms with Crippen molar-refractivity contribution >= 4 is 11.3 Å². The van der Waals surface area contributed by atoms with Gasteiger partial charge in [0.1, 0.15) is 0 Å². The zero-order chi connectivity index (χ0) is 12.6. The van der Waals surface area contributed by atoms with Crippen LogP contribution in [0.15, 0.2) is 17.5 Å². The van der Waals surface area contributed by atoms with E-state index in [0.29, 0.717) is 5.41 Å². The van der Waals surface area contributed by atoms with E-state index in [1.165, 1.54) is 24.1 Å². The molecular formula is C14H25NOS. The molecule has 1 N–H and O–H groups in total. The molecule has 0 aromatic carbocycles. The summed E-state index contributed by atoms with van der Waals surface area (Å²) in [6, 6.07) is 4.37. The summed E-state index contributed by atoms with van der Waals surface area (Å²) in [5.74, 6) is 0. The van der Waals surface area contributed by atoms with Crippen molar-refractivity contribution < 1.29 is 4.74 Å². The van der Waals surface area contributed by atoms with Crippen LogP contribution in [0.4, 0.5) is 0 Å². The first-order chi connectivity index (χ1) is 8.14. The van der Waals surface area contributed by atoms with Crippen molar-refractivity contribution in [1.82, 2.24) is 5.32 Å². The Balaban J connectivity index is 2.12. The van der Waals surface area contributed by atoms with E-state index in [0.717, 1.165) is 19.7 Å². The number of nitrogens with one attached hydrogen (secondary N) is 1. The van der Waals surface area contributed by atoms with Gasteiger partial charge in [-0.05, 0) is 42.7 Å². The maximum absolute atomic E-state index is 5.01. The molecule has 1 aromatic heterocycles. The van der Waals surface area contributed by atoms with Gasteiger partial charge in [0, 0.05) is 18.5 Å². The predicted octanol–water partition coefficient (Wildman–Crippen LogP) is 3.33. The van der Waals surface area contributed by atoms with Crippen LogP contribution in [0.5, 0.6) is 0 Å². The van der Waals surface area contributed by atoms with Gasteiger partial charge in [-0.25, -0.2) is 0 Å². The van der Waals surface area contributed by atoms with Gasteiger partial charge in [0.05, 0.1) is 6.61 Å². The van der Waals surface area contributed by atoms with E-state index in [4.69, 9.17) is 4.74 Å². The molecule has 0 saturated heterocycles. The van der Waals surface area contributed by atoms with Gasteiger partial charge in [0.25, 0.3) is 0 Å². The van der Waals surface area contributed by atoms with E-state index in [2.05, 4.69) is 36.7 Å². The van der Waals surface area contributed by atoms with Crippen molar-refractivity contribution in [2.24, 2.45) is 5.41 Å². The number of hydrogen-bond acceptors (Lipinski definition) is 3. The van der Waals surface area contributed by atoms with Gasteiger partial charge in [-0.2, -0.15) is 0 Å². The van der Waals surface area contributed by atoms with Gasteiger partial charge >= 0.3 is 0 Å². The van der Waals surface area contributed by atoms with Crippen LogP contribution < -0.4 is 5.32 Å². The van der Waals surface area contributed by atoms with E-state index in [1.54, 1.807) is 7.11 Å². The van der Waals surface area contributed by atoms with Crippen LogP contribution in [0.3, 0.4) is 0 Å². The molecule has 0 atom stereocenters. The first-order valence-corrected chi connectivity index (χ1v) is 7.24.